The second-order valence-electron chi connectivity index (χ2n) is 5.09. The fourth-order valence-electron chi connectivity index (χ4n) is 2.15. The second-order valence-corrected chi connectivity index (χ2v) is 5.50. The van der Waals surface area contributed by atoms with Gasteiger partial charge in [0.1, 0.15) is 0 Å². The van der Waals surface area contributed by atoms with Crippen LogP contribution in [0.5, 0.6) is 0 Å². The Balaban J connectivity index is 1.96. The SMILES string of the molecule is CC1CC1CN(C)Cc1ccc(C#N)cc1Cl. The van der Waals surface area contributed by atoms with E-state index in [1.54, 1.807) is 6.07 Å². The van der Waals surface area contributed by atoms with Gasteiger partial charge in [0, 0.05) is 18.1 Å². The number of hydrogen-bond acceptors (Lipinski definition) is 2. The van der Waals surface area contributed by atoms with Gasteiger partial charge in [0.2, 0.25) is 0 Å². The third-order valence-electron chi connectivity index (χ3n) is 3.44. The Hall–Kier alpha value is -1.04. The lowest BCUT2D eigenvalue weighted by Gasteiger charge is -2.17. The molecule has 2 nitrogen and oxygen atoms in total. The summed E-state index contributed by atoms with van der Waals surface area (Å²) >= 11 is 6.16. The summed E-state index contributed by atoms with van der Waals surface area (Å²) in [6.45, 7) is 4.29. The van der Waals surface area contributed by atoms with Crippen LogP contribution in [-0.4, -0.2) is 18.5 Å². The molecule has 17 heavy (non-hydrogen) atoms. The van der Waals surface area contributed by atoms with Crippen molar-refractivity contribution in [3.63, 3.8) is 0 Å². The van der Waals surface area contributed by atoms with E-state index >= 15 is 0 Å². The summed E-state index contributed by atoms with van der Waals surface area (Å²) in [6, 6.07) is 7.62. The average Bonchev–Trinajstić information content (AvgIpc) is 2.97. The highest BCUT2D eigenvalue weighted by atomic mass is 35.5. The van der Waals surface area contributed by atoms with E-state index in [1.807, 2.05) is 12.1 Å². The third kappa shape index (κ3) is 3.21. The number of benzene rings is 1. The van der Waals surface area contributed by atoms with Crippen molar-refractivity contribution in [1.29, 1.82) is 5.26 Å². The lowest BCUT2D eigenvalue weighted by Crippen LogP contribution is -2.21. The first kappa shape index (κ1) is 12.4. The standard InChI is InChI=1S/C14H17ClN2/c1-10-5-13(10)9-17(2)8-12-4-3-11(7-16)6-14(12)15/h3-4,6,10,13H,5,8-9H2,1-2H3. The van der Waals surface area contributed by atoms with Crippen LogP contribution in [0.15, 0.2) is 18.2 Å². The van der Waals surface area contributed by atoms with Crippen LogP contribution in [0.4, 0.5) is 0 Å². The van der Waals surface area contributed by atoms with E-state index in [9.17, 15) is 0 Å². The molecule has 0 saturated heterocycles. The van der Waals surface area contributed by atoms with Gasteiger partial charge in [-0.1, -0.05) is 24.6 Å². The van der Waals surface area contributed by atoms with Gasteiger partial charge in [-0.05, 0) is 43.0 Å². The molecule has 1 saturated carbocycles. The Kier molecular flexibility index (Phi) is 3.71. The third-order valence-corrected chi connectivity index (χ3v) is 3.80. The van der Waals surface area contributed by atoms with E-state index in [0.717, 1.165) is 30.5 Å². The van der Waals surface area contributed by atoms with Crippen molar-refractivity contribution in [2.24, 2.45) is 11.8 Å². The maximum atomic E-state index is 8.77. The minimum atomic E-state index is 0.622. The molecule has 0 N–H and O–H groups in total. The van der Waals surface area contributed by atoms with Crippen LogP contribution >= 0.6 is 11.6 Å². The van der Waals surface area contributed by atoms with Crippen molar-refractivity contribution in [3.8, 4) is 6.07 Å². The zero-order valence-corrected chi connectivity index (χ0v) is 11.0. The number of halogens is 1. The molecule has 0 aromatic heterocycles. The minimum absolute atomic E-state index is 0.622. The summed E-state index contributed by atoms with van der Waals surface area (Å²) in [5.74, 6) is 1.74. The van der Waals surface area contributed by atoms with E-state index in [1.165, 1.54) is 6.42 Å². The second kappa shape index (κ2) is 5.08. The van der Waals surface area contributed by atoms with Crippen molar-refractivity contribution < 1.29 is 0 Å². The van der Waals surface area contributed by atoms with Crippen LogP contribution in [0.25, 0.3) is 0 Å². The Morgan fingerprint density at radius 2 is 2.24 bits per heavy atom. The van der Waals surface area contributed by atoms with Crippen molar-refractivity contribution in [2.45, 2.75) is 19.9 Å². The van der Waals surface area contributed by atoms with Crippen LogP contribution in [-0.2, 0) is 6.54 Å². The smallest absolute Gasteiger partial charge is 0.0992 e. The topological polar surface area (TPSA) is 27.0 Å². The van der Waals surface area contributed by atoms with Crippen LogP contribution in [0.2, 0.25) is 5.02 Å². The number of hydrogen-bond donors (Lipinski definition) is 0. The van der Waals surface area contributed by atoms with Gasteiger partial charge < -0.3 is 4.90 Å². The highest BCUT2D eigenvalue weighted by Crippen LogP contribution is 2.38. The fourth-order valence-corrected chi connectivity index (χ4v) is 2.39. The molecular formula is C14H17ClN2. The first-order valence-corrected chi connectivity index (χ1v) is 6.35. The Morgan fingerprint density at radius 1 is 1.53 bits per heavy atom. The summed E-state index contributed by atoms with van der Waals surface area (Å²) in [4.78, 5) is 2.31. The summed E-state index contributed by atoms with van der Waals surface area (Å²) < 4.78 is 0. The van der Waals surface area contributed by atoms with Gasteiger partial charge >= 0.3 is 0 Å². The monoisotopic (exact) mass is 248 g/mol. The van der Waals surface area contributed by atoms with E-state index in [2.05, 4.69) is 24.9 Å². The lowest BCUT2D eigenvalue weighted by atomic mass is 10.1. The Bertz CT molecular complexity index is 450. The molecule has 0 aliphatic heterocycles. The van der Waals surface area contributed by atoms with Crippen LogP contribution in [0.1, 0.15) is 24.5 Å². The average molecular weight is 249 g/mol. The Morgan fingerprint density at radius 3 is 2.76 bits per heavy atom. The number of nitriles is 1. The molecule has 2 atom stereocenters. The van der Waals surface area contributed by atoms with Crippen molar-refractivity contribution in [1.82, 2.24) is 4.90 Å². The van der Waals surface area contributed by atoms with E-state index in [0.29, 0.717) is 10.6 Å². The first-order valence-electron chi connectivity index (χ1n) is 5.97. The zero-order valence-electron chi connectivity index (χ0n) is 10.3. The molecule has 1 aliphatic rings. The summed E-state index contributed by atoms with van der Waals surface area (Å²) in [5, 5.41) is 9.47. The van der Waals surface area contributed by atoms with Gasteiger partial charge in [-0.2, -0.15) is 5.26 Å². The minimum Gasteiger partial charge on any atom is -0.302 e. The lowest BCUT2D eigenvalue weighted by molar-refractivity contribution is 0.307. The first-order chi connectivity index (χ1) is 8.10. The maximum absolute atomic E-state index is 8.77. The molecule has 3 heteroatoms. The van der Waals surface area contributed by atoms with Crippen molar-refractivity contribution >= 4 is 11.6 Å². The zero-order chi connectivity index (χ0) is 12.4. The number of nitrogens with zero attached hydrogens (tertiary/aromatic N) is 2. The van der Waals surface area contributed by atoms with Gasteiger partial charge in [0.05, 0.1) is 11.6 Å². The molecular weight excluding hydrogens is 232 g/mol. The van der Waals surface area contributed by atoms with Crippen LogP contribution in [0, 0.1) is 23.2 Å². The van der Waals surface area contributed by atoms with Crippen LogP contribution < -0.4 is 0 Å². The molecule has 0 heterocycles. The van der Waals surface area contributed by atoms with E-state index < -0.39 is 0 Å². The van der Waals surface area contributed by atoms with Gasteiger partial charge in [-0.15, -0.1) is 0 Å². The van der Waals surface area contributed by atoms with E-state index in [-0.39, 0.29) is 0 Å². The summed E-state index contributed by atoms with van der Waals surface area (Å²) in [6.07, 6.45) is 1.35. The highest BCUT2D eigenvalue weighted by Gasteiger charge is 2.33. The van der Waals surface area contributed by atoms with E-state index in [4.69, 9.17) is 16.9 Å². The predicted molar refractivity (Wildman–Crippen MR) is 69.8 cm³/mol. The molecule has 0 spiro atoms. The van der Waals surface area contributed by atoms with Gasteiger partial charge in [-0.25, -0.2) is 0 Å². The molecule has 90 valence electrons. The van der Waals surface area contributed by atoms with Gasteiger partial charge in [-0.3, -0.25) is 0 Å². The quantitative estimate of drug-likeness (QED) is 0.818. The molecule has 2 unspecified atom stereocenters. The number of rotatable bonds is 4. The summed E-state index contributed by atoms with van der Waals surface area (Å²) in [5.41, 5.74) is 1.72. The molecule has 1 fully saturated rings. The van der Waals surface area contributed by atoms with Gasteiger partial charge in [0.15, 0.2) is 0 Å². The predicted octanol–water partition coefficient (Wildman–Crippen LogP) is 3.30. The molecule has 1 aromatic carbocycles. The van der Waals surface area contributed by atoms with Crippen molar-refractivity contribution in [2.75, 3.05) is 13.6 Å². The molecule has 2 rings (SSSR count). The summed E-state index contributed by atoms with van der Waals surface area (Å²) in [7, 11) is 2.12. The Labute approximate surface area is 108 Å². The molecule has 0 radical (unpaired) electrons. The maximum Gasteiger partial charge on any atom is 0.0992 e. The molecule has 0 bridgehead atoms. The highest BCUT2D eigenvalue weighted by molar-refractivity contribution is 6.31. The van der Waals surface area contributed by atoms with Crippen molar-refractivity contribution in [3.05, 3.63) is 34.3 Å². The molecule has 0 amide bonds. The normalized spacial score (nSPS) is 22.5. The van der Waals surface area contributed by atoms with Gasteiger partial charge in [0.25, 0.3) is 0 Å². The largest absolute Gasteiger partial charge is 0.302 e. The fraction of sp³-hybridized carbons (Fsp3) is 0.500. The molecule has 1 aromatic rings. The van der Waals surface area contributed by atoms with Crippen LogP contribution in [0.3, 0.4) is 0 Å². The molecule has 1 aliphatic carbocycles.